The smallest absolute Gasteiger partial charge is 0.255 e. The van der Waals surface area contributed by atoms with Gasteiger partial charge < -0.3 is 15.5 Å². The van der Waals surface area contributed by atoms with E-state index in [2.05, 4.69) is 46.1 Å². The zero-order chi connectivity index (χ0) is 27.9. The number of halogens is 1. The normalized spacial score (nSPS) is 15.8. The lowest BCUT2D eigenvalue weighted by atomic mass is 10.1. The maximum atomic E-state index is 14.8. The Kier molecular flexibility index (Phi) is 9.75. The molecule has 4 rings (SSSR count). The lowest BCUT2D eigenvalue weighted by molar-refractivity contribution is 0.102. The zero-order valence-electron chi connectivity index (χ0n) is 23.3. The number of aromatic nitrogens is 2. The highest BCUT2D eigenvalue weighted by Crippen LogP contribution is 2.33. The van der Waals surface area contributed by atoms with Gasteiger partial charge in [0.2, 0.25) is 0 Å². The molecule has 0 aliphatic carbocycles. The van der Waals surface area contributed by atoms with E-state index in [1.807, 2.05) is 49.9 Å². The second-order valence-corrected chi connectivity index (χ2v) is 11.6. The predicted molar refractivity (Wildman–Crippen MR) is 160 cm³/mol. The van der Waals surface area contributed by atoms with Crippen LogP contribution in [0.2, 0.25) is 0 Å². The molecular weight excluding hydrogens is 509 g/mol. The Bertz CT molecular complexity index is 1420. The van der Waals surface area contributed by atoms with Crippen LogP contribution in [0.15, 0.2) is 47.5 Å². The lowest BCUT2D eigenvalue weighted by Gasteiger charge is -2.28. The van der Waals surface area contributed by atoms with E-state index in [4.69, 9.17) is 0 Å². The number of unbranched alkanes of at least 4 members (excludes halogenated alkanes) is 1. The fraction of sp³-hybridized carbons (Fsp3) is 0.387. The van der Waals surface area contributed by atoms with E-state index in [9.17, 15) is 9.18 Å². The molecule has 0 spiro atoms. The van der Waals surface area contributed by atoms with Crippen molar-refractivity contribution in [2.75, 3.05) is 30.8 Å². The number of hydrogen-bond donors (Lipinski definition) is 2. The maximum Gasteiger partial charge on any atom is 0.255 e. The second kappa shape index (κ2) is 13.2. The van der Waals surface area contributed by atoms with Crippen LogP contribution in [0.25, 0.3) is 12.7 Å². The summed E-state index contributed by atoms with van der Waals surface area (Å²) < 4.78 is 14.8. The third-order valence-corrected chi connectivity index (χ3v) is 8.50. The lowest BCUT2D eigenvalue weighted by Crippen LogP contribution is -2.31. The molecule has 1 aliphatic heterocycles. The average molecular weight is 548 g/mol. The number of rotatable bonds is 9. The minimum Gasteiger partial charge on any atom is -0.362 e. The van der Waals surface area contributed by atoms with Crippen molar-refractivity contribution in [1.82, 2.24) is 14.9 Å². The largest absolute Gasteiger partial charge is 0.362 e. The molecule has 0 saturated carbocycles. The molecule has 1 atom stereocenters. The van der Waals surface area contributed by atoms with Gasteiger partial charge in [0, 0.05) is 27.0 Å². The molecule has 0 radical (unpaired) electrons. The van der Waals surface area contributed by atoms with E-state index >= 15 is 0 Å². The number of aryl methyl sites for hydroxylation is 1. The van der Waals surface area contributed by atoms with Gasteiger partial charge in [0.25, 0.3) is 5.91 Å². The molecule has 2 N–H and O–H groups in total. The standard InChI is InChI=1S/C31H38FN5OS/c1-6-7-8-28-22(4)35-30(19-33-28)34-21(3)26-18-24(10-11-27(26)32)36-31(38)23-9-12-29(20(2)17-23)39-25-13-15-37(5)16-14-25/h8-12,17-19,21,25H,4,6-7,13-16H2,1-3,5H3,(H,34,35)(H,36,38)/b28-8+. The highest BCUT2D eigenvalue weighted by molar-refractivity contribution is 8.00. The van der Waals surface area contributed by atoms with Crippen LogP contribution in [0.4, 0.5) is 15.9 Å². The van der Waals surface area contributed by atoms with Gasteiger partial charge in [-0.15, -0.1) is 11.8 Å². The van der Waals surface area contributed by atoms with Gasteiger partial charge in [0.15, 0.2) is 0 Å². The molecule has 39 heavy (non-hydrogen) atoms. The van der Waals surface area contributed by atoms with Crippen molar-refractivity contribution in [1.29, 1.82) is 0 Å². The van der Waals surface area contributed by atoms with Gasteiger partial charge in [-0.25, -0.2) is 9.37 Å². The third-order valence-electron chi connectivity index (χ3n) is 6.98. The quantitative estimate of drug-likeness (QED) is 0.367. The monoisotopic (exact) mass is 547 g/mol. The summed E-state index contributed by atoms with van der Waals surface area (Å²) in [6, 6.07) is 10.0. The first-order chi connectivity index (χ1) is 18.7. The van der Waals surface area contributed by atoms with E-state index < -0.39 is 6.04 Å². The molecule has 1 aromatic heterocycles. The van der Waals surface area contributed by atoms with Crippen molar-refractivity contribution in [3.63, 3.8) is 0 Å². The number of thioether (sulfide) groups is 1. The van der Waals surface area contributed by atoms with Crippen LogP contribution in [-0.2, 0) is 0 Å². The number of nitrogens with one attached hydrogen (secondary N) is 2. The van der Waals surface area contributed by atoms with E-state index in [1.165, 1.54) is 23.8 Å². The Morgan fingerprint density at radius 1 is 1.26 bits per heavy atom. The number of piperidine rings is 1. The summed E-state index contributed by atoms with van der Waals surface area (Å²) in [6.45, 7) is 12.2. The molecule has 1 saturated heterocycles. The van der Waals surface area contributed by atoms with Crippen molar-refractivity contribution in [3.8, 4) is 0 Å². The summed E-state index contributed by atoms with van der Waals surface area (Å²) >= 11 is 1.91. The molecule has 2 aromatic carbocycles. The van der Waals surface area contributed by atoms with Crippen LogP contribution in [-0.4, -0.2) is 46.2 Å². The minimum absolute atomic E-state index is 0.224. The molecule has 3 aromatic rings. The number of amides is 1. The van der Waals surface area contributed by atoms with Crippen LogP contribution in [0.5, 0.6) is 0 Å². The zero-order valence-corrected chi connectivity index (χ0v) is 24.1. The highest BCUT2D eigenvalue weighted by atomic mass is 32.2. The first-order valence-electron chi connectivity index (χ1n) is 13.6. The van der Waals surface area contributed by atoms with E-state index in [0.29, 0.717) is 33.2 Å². The first kappa shape index (κ1) is 28.8. The number of hydrogen-bond acceptors (Lipinski definition) is 6. The summed E-state index contributed by atoms with van der Waals surface area (Å²) in [4.78, 5) is 25.5. The summed E-state index contributed by atoms with van der Waals surface area (Å²) in [5.41, 5.74) is 2.62. The molecule has 8 heteroatoms. The van der Waals surface area contributed by atoms with Crippen LogP contribution in [0, 0.1) is 12.7 Å². The van der Waals surface area contributed by atoms with E-state index in [0.717, 1.165) is 36.8 Å². The SMILES string of the molecule is C=c1nc(NC(C)c2cc(NC(=O)c3ccc(SC4CCN(C)CC4)c(C)c3)ccc2F)cn/c1=C/CCC. The Balaban J connectivity index is 1.42. The van der Waals surface area contributed by atoms with Crippen molar-refractivity contribution < 1.29 is 9.18 Å². The van der Waals surface area contributed by atoms with Crippen molar-refractivity contribution in [2.45, 2.75) is 62.6 Å². The summed E-state index contributed by atoms with van der Waals surface area (Å²) in [5.74, 6) is -0.0721. The number of carbonyl (C=O) groups is 1. The number of carbonyl (C=O) groups excluding carboxylic acids is 1. The van der Waals surface area contributed by atoms with Gasteiger partial charge in [0.05, 0.1) is 22.9 Å². The van der Waals surface area contributed by atoms with Crippen LogP contribution in [0.3, 0.4) is 0 Å². The second-order valence-electron chi connectivity index (χ2n) is 10.2. The fourth-order valence-corrected chi connectivity index (χ4v) is 5.82. The summed E-state index contributed by atoms with van der Waals surface area (Å²) in [7, 11) is 2.17. The Morgan fingerprint density at radius 2 is 2.03 bits per heavy atom. The van der Waals surface area contributed by atoms with Gasteiger partial charge in [-0.05, 0) is 95.2 Å². The van der Waals surface area contributed by atoms with Gasteiger partial charge in [-0.2, -0.15) is 0 Å². The summed E-state index contributed by atoms with van der Waals surface area (Å²) in [6.07, 6.45) is 7.92. The van der Waals surface area contributed by atoms with Crippen LogP contribution < -0.4 is 21.3 Å². The highest BCUT2D eigenvalue weighted by Gasteiger charge is 2.19. The number of likely N-dealkylation sites (tertiary alicyclic amines) is 1. The Labute approximate surface area is 234 Å². The summed E-state index contributed by atoms with van der Waals surface area (Å²) in [5, 5.41) is 8.07. The number of benzene rings is 2. The molecular formula is C31H38FN5OS. The van der Waals surface area contributed by atoms with Gasteiger partial charge in [-0.3, -0.25) is 9.78 Å². The molecule has 1 fully saturated rings. The van der Waals surface area contributed by atoms with Crippen molar-refractivity contribution in [3.05, 3.63) is 75.8 Å². The number of anilines is 2. The van der Waals surface area contributed by atoms with E-state index in [1.54, 1.807) is 18.3 Å². The van der Waals surface area contributed by atoms with Gasteiger partial charge in [0.1, 0.15) is 11.6 Å². The molecule has 1 amide bonds. The molecule has 1 unspecified atom stereocenters. The van der Waals surface area contributed by atoms with Gasteiger partial charge >= 0.3 is 0 Å². The van der Waals surface area contributed by atoms with Crippen LogP contribution >= 0.6 is 11.8 Å². The number of nitrogens with zero attached hydrogens (tertiary/aromatic N) is 3. The van der Waals surface area contributed by atoms with Gasteiger partial charge in [-0.1, -0.05) is 26.0 Å². The van der Waals surface area contributed by atoms with Crippen molar-refractivity contribution >= 4 is 41.8 Å². The first-order valence-corrected chi connectivity index (χ1v) is 14.5. The molecule has 2 heterocycles. The Hall–Kier alpha value is -3.23. The average Bonchev–Trinajstić information content (AvgIpc) is 2.91. The Morgan fingerprint density at radius 3 is 2.72 bits per heavy atom. The van der Waals surface area contributed by atoms with E-state index in [-0.39, 0.29) is 11.7 Å². The molecule has 0 bridgehead atoms. The predicted octanol–water partition coefficient (Wildman–Crippen LogP) is 5.53. The third kappa shape index (κ3) is 7.67. The molecule has 1 aliphatic rings. The van der Waals surface area contributed by atoms with Crippen LogP contribution in [0.1, 0.15) is 67.1 Å². The van der Waals surface area contributed by atoms with Crippen molar-refractivity contribution in [2.24, 2.45) is 0 Å². The fourth-order valence-electron chi connectivity index (χ4n) is 4.62. The maximum absolute atomic E-state index is 14.8. The topological polar surface area (TPSA) is 70.2 Å². The molecule has 6 nitrogen and oxygen atoms in total. The molecule has 206 valence electrons. The minimum atomic E-state index is -0.404.